The van der Waals surface area contributed by atoms with Gasteiger partial charge in [-0.2, -0.15) is 0 Å². The third-order valence-electron chi connectivity index (χ3n) is 4.05. The minimum Gasteiger partial charge on any atom is -0.373 e. The van der Waals surface area contributed by atoms with E-state index in [0.717, 1.165) is 18.4 Å². The standard InChI is InChI=1S/C16H20Cl2O2/c1-20-16(11-6-3-2-4-7-11)14(19)10-12-8-5-9-13(17)15(12)18/h5,8-9,11,16H,2-4,6-7,10H2,1H3. The van der Waals surface area contributed by atoms with E-state index in [2.05, 4.69) is 0 Å². The molecule has 1 unspecified atom stereocenters. The van der Waals surface area contributed by atoms with E-state index in [0.29, 0.717) is 16.0 Å². The number of halogens is 2. The molecule has 1 aliphatic rings. The van der Waals surface area contributed by atoms with Crippen molar-refractivity contribution >= 4 is 29.0 Å². The lowest BCUT2D eigenvalue weighted by Gasteiger charge is -2.28. The molecule has 2 rings (SSSR count). The van der Waals surface area contributed by atoms with Crippen molar-refractivity contribution in [3.63, 3.8) is 0 Å². The van der Waals surface area contributed by atoms with Gasteiger partial charge in [0.25, 0.3) is 0 Å². The highest BCUT2D eigenvalue weighted by Crippen LogP contribution is 2.30. The average Bonchev–Trinajstić information content (AvgIpc) is 2.46. The van der Waals surface area contributed by atoms with Gasteiger partial charge in [0.2, 0.25) is 0 Å². The van der Waals surface area contributed by atoms with Gasteiger partial charge in [-0.05, 0) is 30.4 Å². The SMILES string of the molecule is COC(C(=O)Cc1cccc(Cl)c1Cl)C1CCCCC1. The summed E-state index contributed by atoms with van der Waals surface area (Å²) in [5.74, 6) is 0.447. The highest BCUT2D eigenvalue weighted by Gasteiger charge is 2.29. The molecule has 0 amide bonds. The number of ketones is 1. The van der Waals surface area contributed by atoms with E-state index in [9.17, 15) is 4.79 Å². The maximum absolute atomic E-state index is 12.5. The van der Waals surface area contributed by atoms with E-state index in [1.54, 1.807) is 13.2 Å². The van der Waals surface area contributed by atoms with Gasteiger partial charge in [-0.25, -0.2) is 0 Å². The molecule has 1 saturated carbocycles. The zero-order valence-electron chi connectivity index (χ0n) is 11.7. The molecule has 0 saturated heterocycles. The summed E-state index contributed by atoms with van der Waals surface area (Å²) in [6.07, 6.45) is 5.77. The molecule has 20 heavy (non-hydrogen) atoms. The van der Waals surface area contributed by atoms with Crippen molar-refractivity contribution < 1.29 is 9.53 Å². The van der Waals surface area contributed by atoms with Crippen molar-refractivity contribution in [2.45, 2.75) is 44.6 Å². The van der Waals surface area contributed by atoms with Crippen LogP contribution in [0.5, 0.6) is 0 Å². The van der Waals surface area contributed by atoms with Crippen LogP contribution in [0.4, 0.5) is 0 Å². The fourth-order valence-electron chi connectivity index (χ4n) is 3.00. The third kappa shape index (κ3) is 3.75. The smallest absolute Gasteiger partial charge is 0.166 e. The molecule has 0 radical (unpaired) electrons. The molecule has 0 N–H and O–H groups in total. The van der Waals surface area contributed by atoms with Gasteiger partial charge in [0.15, 0.2) is 5.78 Å². The van der Waals surface area contributed by atoms with Gasteiger partial charge in [0.05, 0.1) is 10.0 Å². The Labute approximate surface area is 130 Å². The first-order valence-electron chi connectivity index (χ1n) is 7.12. The Morgan fingerprint density at radius 3 is 2.65 bits per heavy atom. The first-order chi connectivity index (χ1) is 9.63. The van der Waals surface area contributed by atoms with Crippen LogP contribution in [0, 0.1) is 5.92 Å². The number of benzene rings is 1. The molecule has 0 aliphatic heterocycles. The highest BCUT2D eigenvalue weighted by molar-refractivity contribution is 6.42. The highest BCUT2D eigenvalue weighted by atomic mass is 35.5. The molecule has 1 aromatic rings. The van der Waals surface area contributed by atoms with Crippen LogP contribution in [-0.2, 0) is 16.0 Å². The second-order valence-electron chi connectivity index (χ2n) is 5.41. The maximum Gasteiger partial charge on any atom is 0.166 e. The predicted molar refractivity (Wildman–Crippen MR) is 82.5 cm³/mol. The number of hydrogen-bond donors (Lipinski definition) is 0. The van der Waals surface area contributed by atoms with Crippen molar-refractivity contribution in [3.8, 4) is 0 Å². The fraction of sp³-hybridized carbons (Fsp3) is 0.562. The van der Waals surface area contributed by atoms with E-state index < -0.39 is 0 Å². The lowest BCUT2D eigenvalue weighted by atomic mass is 9.82. The largest absolute Gasteiger partial charge is 0.373 e. The van der Waals surface area contributed by atoms with Gasteiger partial charge in [0.1, 0.15) is 6.10 Å². The molecule has 2 nitrogen and oxygen atoms in total. The summed E-state index contributed by atoms with van der Waals surface area (Å²) in [7, 11) is 1.62. The molecule has 0 bridgehead atoms. The lowest BCUT2D eigenvalue weighted by molar-refractivity contribution is -0.132. The number of rotatable bonds is 5. The van der Waals surface area contributed by atoms with E-state index in [1.807, 2.05) is 12.1 Å². The number of ether oxygens (including phenoxy) is 1. The molecule has 1 aliphatic carbocycles. The van der Waals surface area contributed by atoms with Gasteiger partial charge in [-0.3, -0.25) is 4.79 Å². The van der Waals surface area contributed by atoms with Crippen LogP contribution in [-0.4, -0.2) is 19.0 Å². The summed E-state index contributed by atoms with van der Waals surface area (Å²) >= 11 is 12.1. The molecule has 1 aromatic carbocycles. The van der Waals surface area contributed by atoms with E-state index in [1.165, 1.54) is 19.3 Å². The number of methoxy groups -OCH3 is 1. The molecule has 1 atom stereocenters. The number of hydrogen-bond acceptors (Lipinski definition) is 2. The van der Waals surface area contributed by atoms with Crippen molar-refractivity contribution in [1.29, 1.82) is 0 Å². The van der Waals surface area contributed by atoms with Crippen LogP contribution in [0.2, 0.25) is 10.0 Å². The number of carbonyl (C=O) groups excluding carboxylic acids is 1. The van der Waals surface area contributed by atoms with Crippen molar-refractivity contribution in [3.05, 3.63) is 33.8 Å². The van der Waals surface area contributed by atoms with Crippen molar-refractivity contribution in [2.75, 3.05) is 7.11 Å². The van der Waals surface area contributed by atoms with Gasteiger partial charge < -0.3 is 4.74 Å². The summed E-state index contributed by atoms with van der Waals surface area (Å²) in [6, 6.07) is 5.39. The summed E-state index contributed by atoms with van der Waals surface area (Å²) in [5.41, 5.74) is 0.780. The normalized spacial score (nSPS) is 17.9. The molecule has 1 fully saturated rings. The summed E-state index contributed by atoms with van der Waals surface area (Å²) in [4.78, 5) is 12.5. The second-order valence-corrected chi connectivity index (χ2v) is 6.20. The average molecular weight is 315 g/mol. The lowest BCUT2D eigenvalue weighted by Crippen LogP contribution is -2.34. The minimum absolute atomic E-state index is 0.101. The van der Waals surface area contributed by atoms with Gasteiger partial charge >= 0.3 is 0 Å². The topological polar surface area (TPSA) is 26.3 Å². The fourth-order valence-corrected chi connectivity index (χ4v) is 3.38. The minimum atomic E-state index is -0.314. The van der Waals surface area contributed by atoms with Crippen LogP contribution in [0.3, 0.4) is 0 Å². The van der Waals surface area contributed by atoms with E-state index in [-0.39, 0.29) is 18.3 Å². The third-order valence-corrected chi connectivity index (χ3v) is 4.90. The van der Waals surface area contributed by atoms with Crippen LogP contribution in [0.25, 0.3) is 0 Å². The van der Waals surface area contributed by atoms with Crippen molar-refractivity contribution in [1.82, 2.24) is 0 Å². The maximum atomic E-state index is 12.5. The zero-order chi connectivity index (χ0) is 14.5. The molecule has 0 heterocycles. The first-order valence-corrected chi connectivity index (χ1v) is 7.87. The van der Waals surface area contributed by atoms with E-state index in [4.69, 9.17) is 27.9 Å². The number of carbonyl (C=O) groups is 1. The van der Waals surface area contributed by atoms with E-state index >= 15 is 0 Å². The molecular weight excluding hydrogens is 295 g/mol. The van der Waals surface area contributed by atoms with Gasteiger partial charge in [-0.15, -0.1) is 0 Å². The van der Waals surface area contributed by atoms with Crippen LogP contribution in [0.1, 0.15) is 37.7 Å². The Kier molecular flexibility index (Phi) is 5.88. The quantitative estimate of drug-likeness (QED) is 0.787. The molecule has 110 valence electrons. The van der Waals surface area contributed by atoms with Gasteiger partial charge in [0, 0.05) is 13.5 Å². The zero-order valence-corrected chi connectivity index (χ0v) is 13.2. The Bertz CT molecular complexity index is 468. The Hall–Kier alpha value is -0.570. The molecule has 0 aromatic heterocycles. The van der Waals surface area contributed by atoms with Crippen LogP contribution in [0.15, 0.2) is 18.2 Å². The summed E-state index contributed by atoms with van der Waals surface area (Å²) in [5, 5.41) is 0.963. The van der Waals surface area contributed by atoms with Gasteiger partial charge in [-0.1, -0.05) is 54.6 Å². The predicted octanol–water partition coefficient (Wildman–Crippen LogP) is 4.70. The molecular formula is C16H20Cl2O2. The Morgan fingerprint density at radius 2 is 2.00 bits per heavy atom. The Morgan fingerprint density at radius 1 is 1.30 bits per heavy atom. The molecule has 0 spiro atoms. The molecule has 4 heteroatoms. The monoisotopic (exact) mass is 314 g/mol. The van der Waals surface area contributed by atoms with Crippen LogP contribution < -0.4 is 0 Å². The first kappa shape index (κ1) is 15.8. The number of Topliss-reactive ketones (excluding diaryl/α,β-unsaturated/α-hetero) is 1. The Balaban J connectivity index is 2.07. The second kappa shape index (κ2) is 7.44. The van der Waals surface area contributed by atoms with Crippen molar-refractivity contribution in [2.24, 2.45) is 5.92 Å². The summed E-state index contributed by atoms with van der Waals surface area (Å²) < 4.78 is 5.47. The summed E-state index contributed by atoms with van der Waals surface area (Å²) in [6.45, 7) is 0. The van der Waals surface area contributed by atoms with Crippen LogP contribution >= 0.6 is 23.2 Å².